The van der Waals surface area contributed by atoms with E-state index in [2.05, 4.69) is 81.9 Å². The van der Waals surface area contributed by atoms with Crippen molar-refractivity contribution >= 4 is 16.8 Å². The largest absolute Gasteiger partial charge is 0.285 e. The fraction of sp³-hybridized carbons (Fsp3) is 0. The molecule has 114 valence electrons. The lowest BCUT2D eigenvalue weighted by Gasteiger charge is -2.01. The van der Waals surface area contributed by atoms with Crippen LogP contribution >= 0.6 is 0 Å². The number of aromatic nitrogens is 3. The molecular formula is C21H15N3. The summed E-state index contributed by atoms with van der Waals surface area (Å²) in [5, 5.41) is 0. The van der Waals surface area contributed by atoms with Crippen molar-refractivity contribution in [3.05, 3.63) is 91.1 Å². The third-order valence-electron chi connectivity index (χ3n) is 4.35. The number of rotatable bonds is 2. The molecule has 0 radical (unpaired) electrons. The van der Waals surface area contributed by atoms with E-state index in [0.29, 0.717) is 0 Å². The van der Waals surface area contributed by atoms with Crippen LogP contribution in [-0.2, 0) is 0 Å². The first-order valence-electron chi connectivity index (χ1n) is 8.01. The topological polar surface area (TPSA) is 22.2 Å². The molecule has 0 saturated carbocycles. The predicted molar refractivity (Wildman–Crippen MR) is 97.5 cm³/mol. The maximum Gasteiger partial charge on any atom is 0.220 e. The molecule has 0 bridgehead atoms. The van der Waals surface area contributed by atoms with Gasteiger partial charge in [-0.15, -0.1) is 0 Å². The highest BCUT2D eigenvalue weighted by atomic mass is 15.2. The summed E-state index contributed by atoms with van der Waals surface area (Å²) < 4.78 is 4.39. The van der Waals surface area contributed by atoms with E-state index in [9.17, 15) is 0 Å². The van der Waals surface area contributed by atoms with E-state index < -0.39 is 0 Å². The number of fused-ring (bicyclic) bond motifs is 3. The van der Waals surface area contributed by atoms with Gasteiger partial charge in [-0.2, -0.15) is 0 Å². The van der Waals surface area contributed by atoms with Crippen LogP contribution in [-0.4, -0.2) is 14.0 Å². The van der Waals surface area contributed by atoms with E-state index in [4.69, 9.17) is 4.98 Å². The molecule has 5 rings (SSSR count). The van der Waals surface area contributed by atoms with E-state index in [-0.39, 0.29) is 0 Å². The van der Waals surface area contributed by atoms with Gasteiger partial charge in [-0.05, 0) is 24.3 Å². The van der Waals surface area contributed by atoms with Crippen LogP contribution in [0, 0.1) is 0 Å². The number of hydrogen-bond acceptors (Lipinski definition) is 1. The zero-order chi connectivity index (χ0) is 15.9. The molecule has 0 spiro atoms. The highest BCUT2D eigenvalue weighted by Crippen LogP contribution is 2.29. The molecule has 0 N–H and O–H groups in total. The molecule has 3 heteroatoms. The summed E-state index contributed by atoms with van der Waals surface area (Å²) in [6.07, 6.45) is 2.17. The average Bonchev–Trinajstić information content (AvgIpc) is 3.20. The van der Waals surface area contributed by atoms with Gasteiger partial charge >= 0.3 is 0 Å². The zero-order valence-electron chi connectivity index (χ0n) is 13.0. The van der Waals surface area contributed by atoms with E-state index in [1.165, 1.54) is 5.56 Å². The number of benzene rings is 3. The lowest BCUT2D eigenvalue weighted by atomic mass is 10.2. The molecular weight excluding hydrogens is 294 g/mol. The van der Waals surface area contributed by atoms with Crippen molar-refractivity contribution < 1.29 is 0 Å². The second-order valence-corrected chi connectivity index (χ2v) is 5.82. The summed E-state index contributed by atoms with van der Waals surface area (Å²) in [4.78, 5) is 4.86. The van der Waals surface area contributed by atoms with Crippen LogP contribution in [0.2, 0.25) is 0 Å². The molecule has 0 unspecified atom stereocenters. The fourth-order valence-corrected chi connectivity index (χ4v) is 3.24. The summed E-state index contributed by atoms with van der Waals surface area (Å²) in [5.41, 5.74) is 5.57. The second-order valence-electron chi connectivity index (χ2n) is 5.82. The monoisotopic (exact) mass is 309 g/mol. The van der Waals surface area contributed by atoms with Gasteiger partial charge < -0.3 is 0 Å². The van der Waals surface area contributed by atoms with Crippen molar-refractivity contribution in [1.82, 2.24) is 14.0 Å². The van der Waals surface area contributed by atoms with Crippen LogP contribution in [0.1, 0.15) is 0 Å². The van der Waals surface area contributed by atoms with Gasteiger partial charge in [0.2, 0.25) is 5.78 Å². The molecule has 2 aromatic heterocycles. The molecule has 0 amide bonds. The average molecular weight is 309 g/mol. The number of para-hydroxylation sites is 3. The lowest BCUT2D eigenvalue weighted by Crippen LogP contribution is -1.92. The Morgan fingerprint density at radius 1 is 0.667 bits per heavy atom. The van der Waals surface area contributed by atoms with Gasteiger partial charge in [0, 0.05) is 17.4 Å². The number of nitrogens with zero attached hydrogens (tertiary/aromatic N) is 3. The molecule has 0 aliphatic carbocycles. The number of imidazole rings is 2. The first kappa shape index (κ1) is 13.1. The summed E-state index contributed by atoms with van der Waals surface area (Å²) in [5.74, 6) is 0.932. The van der Waals surface area contributed by atoms with Crippen molar-refractivity contribution in [2.45, 2.75) is 0 Å². The van der Waals surface area contributed by atoms with Crippen LogP contribution in [0.3, 0.4) is 0 Å². The second kappa shape index (κ2) is 5.10. The van der Waals surface area contributed by atoms with Crippen LogP contribution in [0.5, 0.6) is 0 Å². The van der Waals surface area contributed by atoms with Gasteiger partial charge in [0.15, 0.2) is 0 Å². The van der Waals surface area contributed by atoms with Crippen molar-refractivity contribution in [1.29, 1.82) is 0 Å². The maximum absolute atomic E-state index is 4.86. The molecule has 3 nitrogen and oxygen atoms in total. The molecule has 5 aromatic rings. The van der Waals surface area contributed by atoms with Crippen molar-refractivity contribution in [2.75, 3.05) is 0 Å². The van der Waals surface area contributed by atoms with Crippen LogP contribution < -0.4 is 0 Å². The maximum atomic E-state index is 4.86. The molecule has 0 aliphatic heterocycles. The van der Waals surface area contributed by atoms with Crippen molar-refractivity contribution in [3.8, 4) is 16.9 Å². The van der Waals surface area contributed by atoms with Gasteiger partial charge in [-0.1, -0.05) is 60.7 Å². The molecule has 0 fully saturated rings. The zero-order valence-corrected chi connectivity index (χ0v) is 13.0. The quantitative estimate of drug-likeness (QED) is 0.452. The normalized spacial score (nSPS) is 11.3. The predicted octanol–water partition coefficient (Wildman–Crippen LogP) is 4.95. The van der Waals surface area contributed by atoms with Crippen LogP contribution in [0.4, 0.5) is 0 Å². The summed E-state index contributed by atoms with van der Waals surface area (Å²) in [7, 11) is 0. The van der Waals surface area contributed by atoms with E-state index in [1.807, 2.05) is 18.2 Å². The number of hydrogen-bond donors (Lipinski definition) is 0. The minimum Gasteiger partial charge on any atom is -0.285 e. The first-order valence-corrected chi connectivity index (χ1v) is 8.01. The molecule has 3 aromatic carbocycles. The Bertz CT molecular complexity index is 1140. The minimum absolute atomic E-state index is 0.932. The van der Waals surface area contributed by atoms with Gasteiger partial charge in [0.05, 0.1) is 16.7 Å². The van der Waals surface area contributed by atoms with Gasteiger partial charge in [0.1, 0.15) is 0 Å². The van der Waals surface area contributed by atoms with Gasteiger partial charge in [0.25, 0.3) is 0 Å². The van der Waals surface area contributed by atoms with E-state index >= 15 is 0 Å². The van der Waals surface area contributed by atoms with E-state index in [1.54, 1.807) is 0 Å². The highest BCUT2D eigenvalue weighted by Gasteiger charge is 2.16. The van der Waals surface area contributed by atoms with Gasteiger partial charge in [-0.3, -0.25) is 8.97 Å². The highest BCUT2D eigenvalue weighted by molar-refractivity contribution is 5.84. The van der Waals surface area contributed by atoms with Crippen LogP contribution in [0.25, 0.3) is 33.8 Å². The standard InChI is InChI=1S/C21H15N3/c1-3-9-16(10-4-1)20-15-23(17-11-5-2-6-12-17)21-22-18-13-7-8-14-19(18)24(20)21/h1-15H. The molecule has 0 aliphatic rings. The van der Waals surface area contributed by atoms with Crippen molar-refractivity contribution in [2.24, 2.45) is 0 Å². The minimum atomic E-state index is 0.932. The Labute approximate surface area is 139 Å². The fourth-order valence-electron chi connectivity index (χ4n) is 3.24. The lowest BCUT2D eigenvalue weighted by molar-refractivity contribution is 1.08. The Hall–Kier alpha value is -3.33. The molecule has 24 heavy (non-hydrogen) atoms. The SMILES string of the molecule is c1ccc(-c2cn(-c3ccccc3)c3nc4ccccc4n23)cc1. The Balaban J connectivity index is 1.92. The smallest absolute Gasteiger partial charge is 0.220 e. The summed E-state index contributed by atoms with van der Waals surface area (Å²) in [6.45, 7) is 0. The Kier molecular flexibility index (Phi) is 2.79. The first-order chi connectivity index (χ1) is 11.9. The Morgan fingerprint density at radius 2 is 1.33 bits per heavy atom. The third kappa shape index (κ3) is 1.88. The molecule has 0 atom stereocenters. The molecule has 2 heterocycles. The summed E-state index contributed by atoms with van der Waals surface area (Å²) in [6, 6.07) is 29.1. The third-order valence-corrected chi connectivity index (χ3v) is 4.35. The van der Waals surface area contributed by atoms with E-state index in [0.717, 1.165) is 28.2 Å². The summed E-state index contributed by atoms with van der Waals surface area (Å²) >= 11 is 0. The van der Waals surface area contributed by atoms with Gasteiger partial charge in [-0.25, -0.2) is 4.98 Å². The van der Waals surface area contributed by atoms with Crippen molar-refractivity contribution in [3.63, 3.8) is 0 Å². The Morgan fingerprint density at radius 3 is 2.12 bits per heavy atom. The van der Waals surface area contributed by atoms with Crippen LogP contribution in [0.15, 0.2) is 91.1 Å². The molecule has 0 saturated heterocycles.